The first-order valence-corrected chi connectivity index (χ1v) is 18.2. The average molecular weight is 685 g/mol. The zero-order valence-corrected chi connectivity index (χ0v) is 28.7. The number of hydrogen-bond donors (Lipinski definition) is 3. The second-order valence-corrected chi connectivity index (χ2v) is 13.9. The highest BCUT2D eigenvalue weighted by Crippen LogP contribution is 2.45. The Kier molecular flexibility index (Phi) is 11.2. The van der Waals surface area contributed by atoms with Gasteiger partial charge in [-0.05, 0) is 68.9 Å². The topological polar surface area (TPSA) is 147 Å². The molecule has 11 heteroatoms. The number of amides is 3. The maximum Gasteiger partial charge on any atom is 0.408 e. The summed E-state index contributed by atoms with van der Waals surface area (Å²) in [5, 5.41) is 20.4. The second-order valence-electron chi connectivity index (χ2n) is 13.9. The van der Waals surface area contributed by atoms with Crippen molar-refractivity contribution in [3.63, 3.8) is 0 Å². The maximum absolute atomic E-state index is 14.3. The Morgan fingerprint density at radius 3 is 2.48 bits per heavy atom. The molecule has 2 aliphatic heterocycles. The van der Waals surface area contributed by atoms with Gasteiger partial charge in [-0.25, -0.2) is 9.59 Å². The van der Waals surface area contributed by atoms with Crippen LogP contribution >= 0.6 is 0 Å². The van der Waals surface area contributed by atoms with E-state index in [2.05, 4.69) is 15.8 Å². The summed E-state index contributed by atoms with van der Waals surface area (Å²) in [5.74, 6) is -2.40. The highest BCUT2D eigenvalue weighted by atomic mass is 16.6. The zero-order chi connectivity index (χ0) is 35.1. The lowest BCUT2D eigenvalue weighted by molar-refractivity contribution is -0.145. The Balaban J connectivity index is 1.25. The first kappa shape index (κ1) is 35.2. The number of ether oxygens (including phenoxy) is 1. The summed E-state index contributed by atoms with van der Waals surface area (Å²) in [7, 11) is 0. The second kappa shape index (κ2) is 15.9. The molecule has 5 atom stereocenters. The number of rotatable bonds is 8. The van der Waals surface area contributed by atoms with E-state index >= 15 is 0 Å². The highest BCUT2D eigenvalue weighted by molar-refractivity contribution is 6.05. The van der Waals surface area contributed by atoms with Crippen LogP contribution in [0.25, 0.3) is 11.1 Å². The Morgan fingerprint density at radius 2 is 1.72 bits per heavy atom. The maximum atomic E-state index is 14.3. The summed E-state index contributed by atoms with van der Waals surface area (Å²) in [6.07, 6.45) is 10.5. The number of allylic oxidation sites excluding steroid dienone is 1. The number of nitrogens with zero attached hydrogens (tertiary/aromatic N) is 2. The van der Waals surface area contributed by atoms with Gasteiger partial charge in [-0.15, -0.1) is 0 Å². The quantitative estimate of drug-likeness (QED) is 0.176. The number of carboxylic acid groups (broad SMARTS) is 1. The largest absolute Gasteiger partial charge is 0.479 e. The van der Waals surface area contributed by atoms with Gasteiger partial charge in [0.2, 0.25) is 11.8 Å². The molecule has 11 nitrogen and oxygen atoms in total. The number of carbonyl (C=O) groups excluding carboxylic acids is 3. The summed E-state index contributed by atoms with van der Waals surface area (Å²) >= 11 is 0. The van der Waals surface area contributed by atoms with Crippen molar-refractivity contribution in [2.75, 3.05) is 6.54 Å². The lowest BCUT2D eigenvalue weighted by atomic mass is 9.96. The molecule has 0 aromatic heterocycles. The average Bonchev–Trinajstić information content (AvgIpc) is 3.40. The van der Waals surface area contributed by atoms with Crippen molar-refractivity contribution >= 4 is 29.6 Å². The van der Waals surface area contributed by atoms with Crippen LogP contribution in [0.3, 0.4) is 0 Å². The summed E-state index contributed by atoms with van der Waals surface area (Å²) in [5.41, 5.74) is 2.28. The van der Waals surface area contributed by atoms with E-state index in [0.717, 1.165) is 67.3 Å². The zero-order valence-electron chi connectivity index (χ0n) is 28.7. The van der Waals surface area contributed by atoms with Crippen LogP contribution in [-0.2, 0) is 24.0 Å². The van der Waals surface area contributed by atoms with E-state index in [1.807, 2.05) is 73.7 Å². The predicted molar refractivity (Wildman–Crippen MR) is 188 cm³/mol. The van der Waals surface area contributed by atoms with E-state index in [9.17, 15) is 24.3 Å². The molecule has 6 rings (SSSR count). The van der Waals surface area contributed by atoms with Crippen molar-refractivity contribution < 1.29 is 33.9 Å². The fourth-order valence-electron chi connectivity index (χ4n) is 7.52. The molecule has 0 spiro atoms. The first-order chi connectivity index (χ1) is 24.3. The molecule has 4 aliphatic rings. The number of benzene rings is 2. The Bertz CT molecular complexity index is 1600. The van der Waals surface area contributed by atoms with Crippen molar-refractivity contribution in [3.8, 4) is 11.1 Å². The molecule has 3 fully saturated rings. The number of oxime groups is 1. The van der Waals surface area contributed by atoms with Gasteiger partial charge in [0.15, 0.2) is 0 Å². The number of fused-ring (bicyclic) bond motifs is 2. The molecule has 266 valence electrons. The third-order valence-corrected chi connectivity index (χ3v) is 10.5. The van der Waals surface area contributed by atoms with E-state index in [1.54, 1.807) is 0 Å². The molecule has 1 unspecified atom stereocenters. The molecule has 2 aromatic carbocycles. The van der Waals surface area contributed by atoms with Crippen LogP contribution in [-0.4, -0.2) is 76.0 Å². The number of nitrogens with one attached hydrogen (secondary N) is 2. The molecule has 2 saturated carbocycles. The Labute approximate surface area is 293 Å². The minimum atomic E-state index is -1.42. The fraction of sp³-hybridized carbons (Fsp3) is 0.513. The van der Waals surface area contributed by atoms with Crippen LogP contribution in [0.4, 0.5) is 4.79 Å². The van der Waals surface area contributed by atoms with Crippen LogP contribution < -0.4 is 10.6 Å². The normalized spacial score (nSPS) is 28.3. The Hall–Kier alpha value is -4.67. The summed E-state index contributed by atoms with van der Waals surface area (Å²) in [6, 6.07) is 16.1. The van der Waals surface area contributed by atoms with Gasteiger partial charge < -0.3 is 30.2 Å². The molecule has 3 N–H and O–H groups in total. The molecule has 2 aromatic rings. The van der Waals surface area contributed by atoms with E-state index in [-0.39, 0.29) is 31.4 Å². The third-order valence-electron chi connectivity index (χ3n) is 10.5. The lowest BCUT2D eigenvalue weighted by Gasteiger charge is -2.29. The SMILES string of the molecule is CC/C(=N\O[C@@H]1C[C@H]2C(=O)NC3(C(=O)O)C[C@H]3/C=C\CCCCC[C@H](NC(=O)OC3CCCC3)C(=O)N2C1)c1ccccc1-c1ccccc1. The monoisotopic (exact) mass is 684 g/mol. The fourth-order valence-corrected chi connectivity index (χ4v) is 7.52. The molecule has 1 saturated heterocycles. The van der Waals surface area contributed by atoms with Gasteiger partial charge in [-0.3, -0.25) is 9.59 Å². The minimum absolute atomic E-state index is 0.0526. The third kappa shape index (κ3) is 8.03. The summed E-state index contributed by atoms with van der Waals surface area (Å²) in [4.78, 5) is 61.3. The minimum Gasteiger partial charge on any atom is -0.479 e. The molecular weight excluding hydrogens is 636 g/mol. The van der Waals surface area contributed by atoms with E-state index in [0.29, 0.717) is 19.3 Å². The van der Waals surface area contributed by atoms with Gasteiger partial charge >= 0.3 is 12.1 Å². The molecule has 50 heavy (non-hydrogen) atoms. The molecule has 3 amide bonds. The van der Waals surface area contributed by atoms with Crippen molar-refractivity contribution in [1.82, 2.24) is 15.5 Å². The van der Waals surface area contributed by atoms with E-state index in [4.69, 9.17) is 9.57 Å². The van der Waals surface area contributed by atoms with Gasteiger partial charge in [-0.1, -0.05) is 91.7 Å². The highest BCUT2D eigenvalue weighted by Gasteiger charge is 2.61. The molecule has 0 bridgehead atoms. The van der Waals surface area contributed by atoms with Crippen molar-refractivity contribution in [1.29, 1.82) is 0 Å². The van der Waals surface area contributed by atoms with Gasteiger partial charge in [0.05, 0.1) is 12.3 Å². The van der Waals surface area contributed by atoms with Gasteiger partial charge in [0, 0.05) is 17.9 Å². The first-order valence-electron chi connectivity index (χ1n) is 18.2. The summed E-state index contributed by atoms with van der Waals surface area (Å²) < 4.78 is 5.64. The number of aliphatic carboxylic acids is 1. The molecule has 2 aliphatic carbocycles. The van der Waals surface area contributed by atoms with Gasteiger partial charge in [0.1, 0.15) is 29.8 Å². The standard InChI is InChI=1S/C39H48N4O7/c1-2-32(31-21-14-13-20-30(31)26-15-7-6-8-16-26)42-50-29-23-34-35(44)41-39(37(46)47)24-27(39)17-9-4-3-5-10-22-33(36(45)43(34)25-29)40-38(48)49-28-18-11-12-19-28/h6-9,13-17,20-21,27-29,33-34H,2-5,10-12,18-19,22-25H2,1H3,(H,40,48)(H,41,44)(H,46,47)/b17-9-,42-32+/t27-,29-,33+,34+,39?/m1/s1. The van der Waals surface area contributed by atoms with Gasteiger partial charge in [-0.2, -0.15) is 0 Å². The molecule has 2 heterocycles. The van der Waals surface area contributed by atoms with Crippen molar-refractivity contribution in [2.24, 2.45) is 11.1 Å². The van der Waals surface area contributed by atoms with Crippen LogP contribution in [0, 0.1) is 5.92 Å². The van der Waals surface area contributed by atoms with Crippen molar-refractivity contribution in [3.05, 3.63) is 72.3 Å². The number of alkyl carbamates (subject to hydrolysis) is 1. The summed E-state index contributed by atoms with van der Waals surface area (Å²) in [6.45, 7) is 2.04. The van der Waals surface area contributed by atoms with Crippen LogP contribution in [0.15, 0.2) is 71.9 Å². The van der Waals surface area contributed by atoms with E-state index in [1.165, 1.54) is 4.90 Å². The van der Waals surface area contributed by atoms with Crippen molar-refractivity contribution in [2.45, 2.75) is 114 Å². The lowest BCUT2D eigenvalue weighted by Crippen LogP contribution is -2.56. The van der Waals surface area contributed by atoms with Gasteiger partial charge in [0.25, 0.3) is 0 Å². The number of hydrogen-bond acceptors (Lipinski definition) is 7. The van der Waals surface area contributed by atoms with E-state index < -0.39 is 47.6 Å². The van der Waals surface area contributed by atoms with Crippen LogP contribution in [0.1, 0.15) is 89.5 Å². The molecule has 0 radical (unpaired) electrons. The number of carboxylic acids is 1. The Morgan fingerprint density at radius 1 is 0.980 bits per heavy atom. The smallest absolute Gasteiger partial charge is 0.408 e. The number of carbonyl (C=O) groups is 4. The van der Waals surface area contributed by atoms with Crippen LogP contribution in [0.5, 0.6) is 0 Å². The predicted octanol–water partition coefficient (Wildman–Crippen LogP) is 5.97. The molecular formula is C39H48N4O7. The van der Waals surface area contributed by atoms with Crippen LogP contribution in [0.2, 0.25) is 0 Å².